The van der Waals surface area contributed by atoms with Gasteiger partial charge in [-0.05, 0) is 19.1 Å². The Kier molecular flexibility index (Phi) is 5.06. The highest BCUT2D eigenvalue weighted by Gasteiger charge is 2.17. The number of hydrogen-bond acceptors (Lipinski definition) is 3. The minimum atomic E-state index is -0.684. The van der Waals surface area contributed by atoms with Crippen LogP contribution in [0.5, 0.6) is 0 Å². The largest absolute Gasteiger partial charge is 0.294 e. The van der Waals surface area contributed by atoms with Gasteiger partial charge < -0.3 is 0 Å². The number of benzene rings is 1. The Bertz CT molecular complexity index is 429. The summed E-state index contributed by atoms with van der Waals surface area (Å²) in [6.45, 7) is 2.15. The van der Waals surface area contributed by atoms with Crippen LogP contribution in [0.15, 0.2) is 23.2 Å². The van der Waals surface area contributed by atoms with Gasteiger partial charge in [0.1, 0.15) is 11.7 Å². The highest BCUT2D eigenvalue weighted by atomic mass is 35.5. The van der Waals surface area contributed by atoms with E-state index < -0.39 is 11.6 Å². The third kappa shape index (κ3) is 3.51. The van der Waals surface area contributed by atoms with E-state index in [-0.39, 0.29) is 22.8 Å². The van der Waals surface area contributed by atoms with Crippen LogP contribution >= 0.6 is 11.6 Å². The molecule has 1 rings (SSSR count). The van der Waals surface area contributed by atoms with E-state index in [9.17, 15) is 9.18 Å². The zero-order chi connectivity index (χ0) is 12.8. The molecule has 0 saturated heterocycles. The van der Waals surface area contributed by atoms with Crippen molar-refractivity contribution in [1.29, 1.82) is 0 Å². The maximum atomic E-state index is 13.4. The van der Waals surface area contributed by atoms with Crippen molar-refractivity contribution in [2.45, 2.75) is 13.3 Å². The number of aliphatic imine (C=N–C) groups is 1. The molecule has 0 aliphatic heterocycles. The normalized spacial score (nSPS) is 11.4. The summed E-state index contributed by atoms with van der Waals surface area (Å²) < 4.78 is 13.4. The summed E-state index contributed by atoms with van der Waals surface area (Å²) in [6, 6.07) is 4.00. The summed E-state index contributed by atoms with van der Waals surface area (Å²) in [6.07, 6.45) is -0.231. The van der Waals surface area contributed by atoms with Crippen molar-refractivity contribution >= 4 is 23.2 Å². The summed E-state index contributed by atoms with van der Waals surface area (Å²) in [5.41, 5.74) is 1.62. The maximum absolute atomic E-state index is 13.4. The van der Waals surface area contributed by atoms with Crippen LogP contribution in [-0.4, -0.2) is 23.4 Å². The quantitative estimate of drug-likeness (QED) is 0.377. The van der Waals surface area contributed by atoms with Crippen molar-refractivity contribution in [3.63, 3.8) is 0 Å². The molecule has 0 bridgehead atoms. The van der Waals surface area contributed by atoms with E-state index in [1.807, 2.05) is 0 Å². The van der Waals surface area contributed by atoms with Crippen molar-refractivity contribution in [3.05, 3.63) is 34.6 Å². The molecule has 0 saturated carbocycles. The first kappa shape index (κ1) is 13.6. The monoisotopic (exact) mass is 258 g/mol. The van der Waals surface area contributed by atoms with Gasteiger partial charge in [0.2, 0.25) is 0 Å². The van der Waals surface area contributed by atoms with E-state index in [0.29, 0.717) is 6.54 Å². The van der Waals surface area contributed by atoms with E-state index in [0.717, 1.165) is 6.07 Å². The minimum absolute atomic E-state index is 0.0452. The summed E-state index contributed by atoms with van der Waals surface area (Å²) in [5.74, 6) is -1.14. The molecule has 0 aliphatic rings. The molecule has 0 radical (unpaired) electrons. The Balaban J connectivity index is 2.94. The summed E-state index contributed by atoms with van der Waals surface area (Å²) in [7, 11) is 0. The fourth-order valence-corrected chi connectivity index (χ4v) is 1.59. The van der Waals surface area contributed by atoms with Crippen molar-refractivity contribution in [2.24, 2.45) is 4.99 Å². The molecule has 0 atom stereocenters. The lowest BCUT2D eigenvalue weighted by atomic mass is 10.1. The van der Waals surface area contributed by atoms with Crippen molar-refractivity contribution in [3.8, 4) is 0 Å². The van der Waals surface area contributed by atoms with Crippen LogP contribution in [0.1, 0.15) is 23.7 Å². The van der Waals surface area contributed by atoms with Gasteiger partial charge in [0.15, 0.2) is 5.78 Å². The molecule has 0 amide bonds. The van der Waals surface area contributed by atoms with E-state index in [1.54, 1.807) is 12.4 Å². The van der Waals surface area contributed by atoms with Crippen LogP contribution < -0.4 is 5.48 Å². The average Bonchev–Trinajstić information content (AvgIpc) is 2.28. The molecule has 92 valence electrons. The van der Waals surface area contributed by atoms with Gasteiger partial charge in [-0.1, -0.05) is 17.7 Å². The molecule has 17 heavy (non-hydrogen) atoms. The molecule has 0 spiro atoms. The van der Waals surface area contributed by atoms with Gasteiger partial charge in [-0.3, -0.25) is 20.5 Å². The fraction of sp³-hybridized carbons (Fsp3) is 0.273. The van der Waals surface area contributed by atoms with Crippen molar-refractivity contribution < 1.29 is 14.4 Å². The molecule has 0 heterocycles. The third-order valence-electron chi connectivity index (χ3n) is 2.05. The predicted molar refractivity (Wildman–Crippen MR) is 63.3 cm³/mol. The number of nitrogens with zero attached hydrogens (tertiary/aromatic N) is 1. The van der Waals surface area contributed by atoms with Crippen LogP contribution in [0.4, 0.5) is 4.39 Å². The van der Waals surface area contributed by atoms with Crippen molar-refractivity contribution in [2.75, 3.05) is 6.54 Å². The molecular weight excluding hydrogens is 247 g/mol. The van der Waals surface area contributed by atoms with Gasteiger partial charge in [-0.15, -0.1) is 0 Å². The van der Waals surface area contributed by atoms with Crippen LogP contribution in [-0.2, 0) is 0 Å². The molecule has 0 unspecified atom stereocenters. The Hall–Kier alpha value is -1.46. The zero-order valence-electron chi connectivity index (χ0n) is 9.20. The lowest BCUT2D eigenvalue weighted by Gasteiger charge is -2.06. The second kappa shape index (κ2) is 6.32. The first-order valence-corrected chi connectivity index (χ1v) is 5.38. The Labute approximate surface area is 103 Å². The predicted octanol–water partition coefficient (Wildman–Crippen LogP) is 2.45. The van der Waals surface area contributed by atoms with Crippen LogP contribution in [0, 0.1) is 5.82 Å². The molecule has 0 fully saturated rings. The minimum Gasteiger partial charge on any atom is -0.294 e. The molecule has 0 aromatic heterocycles. The standard InChI is InChI=1S/C11H12ClFN2O2/c1-2-14-10(15-17)6-9(16)11-7(12)4-3-5-8(11)13/h3-5,17H,2,6H2,1H3,(H,14,15). The second-order valence-electron chi connectivity index (χ2n) is 3.23. The molecule has 6 heteroatoms. The van der Waals surface area contributed by atoms with E-state index >= 15 is 0 Å². The lowest BCUT2D eigenvalue weighted by molar-refractivity contribution is 0.0991. The van der Waals surface area contributed by atoms with Crippen LogP contribution in [0.3, 0.4) is 0 Å². The topological polar surface area (TPSA) is 61.7 Å². The van der Waals surface area contributed by atoms with E-state index in [1.165, 1.54) is 12.1 Å². The highest BCUT2D eigenvalue weighted by Crippen LogP contribution is 2.20. The maximum Gasteiger partial charge on any atom is 0.174 e. The SMILES string of the molecule is CCN=C(CC(=O)c1c(F)cccc1Cl)NO. The molecule has 1 aromatic rings. The van der Waals surface area contributed by atoms with Crippen LogP contribution in [0.2, 0.25) is 5.02 Å². The molecule has 0 aliphatic carbocycles. The van der Waals surface area contributed by atoms with Gasteiger partial charge in [-0.25, -0.2) is 4.39 Å². The van der Waals surface area contributed by atoms with Crippen molar-refractivity contribution in [1.82, 2.24) is 5.48 Å². The Morgan fingerprint density at radius 1 is 1.59 bits per heavy atom. The molecule has 2 N–H and O–H groups in total. The smallest absolute Gasteiger partial charge is 0.174 e. The number of halogens is 2. The van der Waals surface area contributed by atoms with Gasteiger partial charge in [0.25, 0.3) is 0 Å². The van der Waals surface area contributed by atoms with Crippen LogP contribution in [0.25, 0.3) is 0 Å². The number of Topliss-reactive ketones (excluding diaryl/α,β-unsaturated/α-hetero) is 1. The number of carbonyl (C=O) groups excluding carboxylic acids is 1. The first-order valence-electron chi connectivity index (χ1n) is 5.00. The number of rotatable bonds is 4. The Morgan fingerprint density at radius 2 is 2.29 bits per heavy atom. The van der Waals surface area contributed by atoms with Gasteiger partial charge in [0, 0.05) is 6.54 Å². The number of amidine groups is 1. The van der Waals surface area contributed by atoms with Gasteiger partial charge in [-0.2, -0.15) is 0 Å². The number of hydroxylamine groups is 1. The van der Waals surface area contributed by atoms with Gasteiger partial charge >= 0.3 is 0 Å². The number of hydrogen-bond donors (Lipinski definition) is 2. The summed E-state index contributed by atoms with van der Waals surface area (Å²) in [5, 5.41) is 8.78. The van der Waals surface area contributed by atoms with E-state index in [2.05, 4.69) is 4.99 Å². The first-order chi connectivity index (χ1) is 8.10. The number of carbonyl (C=O) groups is 1. The fourth-order valence-electron chi connectivity index (χ4n) is 1.33. The molecule has 1 aromatic carbocycles. The second-order valence-corrected chi connectivity index (χ2v) is 3.64. The van der Waals surface area contributed by atoms with Gasteiger partial charge in [0.05, 0.1) is 17.0 Å². The number of nitrogens with one attached hydrogen (secondary N) is 1. The highest BCUT2D eigenvalue weighted by molar-refractivity contribution is 6.34. The zero-order valence-corrected chi connectivity index (χ0v) is 9.96. The van der Waals surface area contributed by atoms with E-state index in [4.69, 9.17) is 16.8 Å². The summed E-state index contributed by atoms with van der Waals surface area (Å²) in [4.78, 5) is 15.6. The third-order valence-corrected chi connectivity index (χ3v) is 2.36. The number of ketones is 1. The summed E-state index contributed by atoms with van der Waals surface area (Å²) >= 11 is 5.74. The lowest BCUT2D eigenvalue weighted by Crippen LogP contribution is -2.23. The Morgan fingerprint density at radius 3 is 2.82 bits per heavy atom. The molecule has 4 nitrogen and oxygen atoms in total. The molecular formula is C11H12ClFN2O2. The average molecular weight is 259 g/mol.